The van der Waals surface area contributed by atoms with E-state index in [-0.39, 0.29) is 37.3 Å². The van der Waals surface area contributed by atoms with E-state index in [1.165, 1.54) is 33.5 Å². The zero-order chi connectivity index (χ0) is 40.7. The van der Waals surface area contributed by atoms with Gasteiger partial charge in [0, 0.05) is 44.3 Å². The zero-order valence-electron chi connectivity index (χ0n) is 35.2. The van der Waals surface area contributed by atoms with E-state index in [9.17, 15) is 0 Å². The molecule has 0 spiro atoms. The minimum absolute atomic E-state index is 0. The molecule has 10 rings (SSSR count). The standard InChI is InChI=1S/C54H48N4O.Pt/c1-52(2,3)37-28-31-55-49(32-37)58-45-21-12-11-20-42(45)43-25-24-40(34-48(43)58)59-39-19-15-18-38(33-39)56-35-57(47-23-14-13-22-46(47)56)51-41(36-16-9-8-10-17-36)26-27-44-50(51)54(6,7)30-29-53(44,4)5;/h8-28,31-32H,29-30H2,1-7H3;/q-2;. The van der Waals surface area contributed by atoms with Crippen molar-refractivity contribution in [2.24, 2.45) is 0 Å². The molecule has 6 heteroatoms. The van der Waals surface area contributed by atoms with Crippen LogP contribution in [0.1, 0.15) is 78.0 Å². The van der Waals surface area contributed by atoms with E-state index >= 15 is 0 Å². The smallest absolute Gasteiger partial charge is 0.268 e. The Bertz CT molecular complexity index is 3070. The van der Waals surface area contributed by atoms with Gasteiger partial charge in [-0.1, -0.05) is 139 Å². The van der Waals surface area contributed by atoms with Gasteiger partial charge in [-0.2, -0.15) is 18.2 Å². The van der Waals surface area contributed by atoms with Crippen molar-refractivity contribution < 1.29 is 30.4 Å². The number of hydrogen-bond acceptors (Lipinski definition) is 2. The van der Waals surface area contributed by atoms with Gasteiger partial charge in [0.05, 0.1) is 16.7 Å². The Hall–Kier alpha value is -5.77. The number of ether oxygens (including phenoxy) is 1. The average Bonchev–Trinajstić information content (AvgIpc) is 3.78. The third-order valence-corrected chi connectivity index (χ3v) is 12.4. The van der Waals surface area contributed by atoms with Gasteiger partial charge in [0.1, 0.15) is 5.82 Å². The number of para-hydroxylation sites is 3. The molecule has 0 aliphatic heterocycles. The molecule has 6 aromatic carbocycles. The van der Waals surface area contributed by atoms with Crippen molar-refractivity contribution in [2.75, 3.05) is 0 Å². The number of imidazole rings is 1. The first-order valence-corrected chi connectivity index (χ1v) is 20.7. The third kappa shape index (κ3) is 6.68. The number of pyridine rings is 1. The fraction of sp³-hybridized carbons (Fsp3) is 0.222. The van der Waals surface area contributed by atoms with E-state index in [2.05, 4.69) is 196 Å². The monoisotopic (exact) mass is 963 g/mol. The first-order valence-electron chi connectivity index (χ1n) is 20.7. The summed E-state index contributed by atoms with van der Waals surface area (Å²) in [5.74, 6) is 2.05. The summed E-state index contributed by atoms with van der Waals surface area (Å²) in [5, 5.41) is 2.24. The molecule has 0 bridgehead atoms. The van der Waals surface area contributed by atoms with Gasteiger partial charge in [-0.3, -0.25) is 4.57 Å². The number of rotatable bonds is 6. The molecule has 0 atom stereocenters. The predicted molar refractivity (Wildman–Crippen MR) is 239 cm³/mol. The summed E-state index contributed by atoms with van der Waals surface area (Å²) in [7, 11) is 0. The van der Waals surface area contributed by atoms with Crippen molar-refractivity contribution in [1.82, 2.24) is 14.1 Å². The normalized spacial score (nSPS) is 14.6. The Kier molecular flexibility index (Phi) is 9.75. The Morgan fingerprint density at radius 3 is 2.20 bits per heavy atom. The van der Waals surface area contributed by atoms with Crippen LogP contribution in [0.25, 0.3) is 61.2 Å². The first kappa shape index (κ1) is 39.7. The molecule has 1 aliphatic carbocycles. The molecule has 3 heterocycles. The van der Waals surface area contributed by atoms with Crippen molar-refractivity contribution in [3.63, 3.8) is 0 Å². The Morgan fingerprint density at radius 2 is 1.40 bits per heavy atom. The van der Waals surface area contributed by atoms with E-state index in [1.807, 2.05) is 24.4 Å². The van der Waals surface area contributed by atoms with Gasteiger partial charge >= 0.3 is 0 Å². The van der Waals surface area contributed by atoms with Crippen molar-refractivity contribution >= 4 is 32.8 Å². The number of nitrogens with zero attached hydrogens (tertiary/aromatic N) is 4. The van der Waals surface area contributed by atoms with Gasteiger partial charge in [-0.25, -0.2) is 4.98 Å². The Morgan fingerprint density at radius 1 is 0.683 bits per heavy atom. The van der Waals surface area contributed by atoms with Crippen LogP contribution in [0.15, 0.2) is 140 Å². The van der Waals surface area contributed by atoms with Gasteiger partial charge in [0.25, 0.3) is 6.33 Å². The topological polar surface area (TPSA) is 35.9 Å². The summed E-state index contributed by atoms with van der Waals surface area (Å²) >= 11 is 0. The van der Waals surface area contributed by atoms with Gasteiger partial charge in [-0.05, 0) is 86.2 Å². The van der Waals surface area contributed by atoms with Crippen LogP contribution in [0.5, 0.6) is 11.5 Å². The summed E-state index contributed by atoms with van der Waals surface area (Å²) in [6.45, 7) is 16.3. The summed E-state index contributed by atoms with van der Waals surface area (Å²) in [6.07, 6.45) is 8.00. The molecule has 0 amide bonds. The van der Waals surface area contributed by atoms with E-state index in [0.717, 1.165) is 57.2 Å². The van der Waals surface area contributed by atoms with Gasteiger partial charge < -0.3 is 13.9 Å². The predicted octanol–water partition coefficient (Wildman–Crippen LogP) is 12.9. The van der Waals surface area contributed by atoms with Crippen LogP contribution in [-0.4, -0.2) is 14.1 Å². The van der Waals surface area contributed by atoms with E-state index in [0.29, 0.717) is 11.5 Å². The molecule has 5 nitrogen and oxygen atoms in total. The van der Waals surface area contributed by atoms with Gasteiger partial charge in [0.15, 0.2) is 0 Å². The second-order valence-electron chi connectivity index (χ2n) is 18.4. The van der Waals surface area contributed by atoms with E-state index in [1.54, 1.807) is 0 Å². The molecular formula is C54H48N4OPt-2. The van der Waals surface area contributed by atoms with Crippen molar-refractivity contribution in [2.45, 2.75) is 77.6 Å². The Balaban J connectivity index is 0.00000462. The van der Waals surface area contributed by atoms with Gasteiger partial charge in [-0.15, -0.1) is 29.7 Å². The molecule has 0 fully saturated rings. The minimum Gasteiger partial charge on any atom is -0.510 e. The third-order valence-electron chi connectivity index (χ3n) is 12.4. The molecule has 3 aromatic heterocycles. The van der Waals surface area contributed by atoms with Gasteiger partial charge in [0.2, 0.25) is 0 Å². The SMILES string of the molecule is CC(C)(C)c1ccnc(-n2c3[c-]c(Oc4[c-]c(-n5[c-][n+](-c6c(-c7ccccc7)ccc7c6C(C)(C)CCC7(C)C)c6ccccc65)ccc4)ccc3c3ccccc32)c1.[Pt]. The van der Waals surface area contributed by atoms with Crippen LogP contribution in [0.4, 0.5) is 0 Å². The molecule has 60 heavy (non-hydrogen) atoms. The maximum absolute atomic E-state index is 6.64. The molecular weight excluding hydrogens is 916 g/mol. The minimum atomic E-state index is -0.0380. The maximum atomic E-state index is 6.64. The fourth-order valence-corrected chi connectivity index (χ4v) is 9.14. The Labute approximate surface area is 367 Å². The number of aromatic nitrogens is 4. The number of fused-ring (bicyclic) bond motifs is 5. The average molecular weight is 964 g/mol. The van der Waals surface area contributed by atoms with E-state index in [4.69, 9.17) is 9.72 Å². The number of hydrogen-bond donors (Lipinski definition) is 0. The van der Waals surface area contributed by atoms with Crippen LogP contribution in [-0.2, 0) is 37.3 Å². The van der Waals surface area contributed by atoms with Crippen LogP contribution in [0.3, 0.4) is 0 Å². The molecule has 0 unspecified atom stereocenters. The van der Waals surface area contributed by atoms with Crippen LogP contribution >= 0.6 is 0 Å². The molecule has 0 N–H and O–H groups in total. The second kappa shape index (κ2) is 14.7. The summed E-state index contributed by atoms with van der Waals surface area (Å²) in [5.41, 5.74) is 12.5. The second-order valence-corrected chi connectivity index (χ2v) is 18.4. The number of benzene rings is 6. The molecule has 0 saturated carbocycles. The quantitative estimate of drug-likeness (QED) is 0.123. The first-order chi connectivity index (χ1) is 28.4. The summed E-state index contributed by atoms with van der Waals surface area (Å²) in [4.78, 5) is 4.85. The largest absolute Gasteiger partial charge is 0.510 e. The van der Waals surface area contributed by atoms with E-state index < -0.39 is 0 Å². The summed E-state index contributed by atoms with van der Waals surface area (Å²) < 4.78 is 13.3. The van der Waals surface area contributed by atoms with Crippen LogP contribution in [0, 0.1) is 18.5 Å². The fourth-order valence-electron chi connectivity index (χ4n) is 9.14. The molecule has 302 valence electrons. The molecule has 0 saturated heterocycles. The molecule has 1 aliphatic rings. The molecule has 9 aromatic rings. The van der Waals surface area contributed by atoms with Crippen LogP contribution < -0.4 is 9.30 Å². The zero-order valence-corrected chi connectivity index (χ0v) is 37.5. The van der Waals surface area contributed by atoms with Crippen molar-refractivity contribution in [1.29, 1.82) is 0 Å². The maximum Gasteiger partial charge on any atom is 0.268 e. The summed E-state index contributed by atoms with van der Waals surface area (Å²) in [6, 6.07) is 54.2. The van der Waals surface area contributed by atoms with Crippen LogP contribution in [0.2, 0.25) is 0 Å². The van der Waals surface area contributed by atoms with Crippen molar-refractivity contribution in [3.05, 3.63) is 175 Å². The van der Waals surface area contributed by atoms with Crippen molar-refractivity contribution in [3.8, 4) is 39.8 Å². The molecule has 0 radical (unpaired) electrons.